The zero-order valence-corrected chi connectivity index (χ0v) is 9.14. The number of aryl methyl sites for hydroxylation is 1. The molecule has 2 N–H and O–H groups in total. The molecule has 0 aliphatic rings. The highest BCUT2D eigenvalue weighted by molar-refractivity contribution is 5.46. The van der Waals surface area contributed by atoms with Crippen LogP contribution >= 0.6 is 0 Å². The number of nitrogens with two attached hydrogens (primary N) is 1. The Balaban J connectivity index is 2.36. The third kappa shape index (κ3) is 1.99. The second kappa shape index (κ2) is 3.98. The first-order chi connectivity index (χ1) is 7.20. The number of fused-ring (bicyclic) bond motifs is 1. The van der Waals surface area contributed by atoms with Crippen molar-refractivity contribution in [3.8, 4) is 0 Å². The Morgan fingerprint density at radius 2 is 2.27 bits per heavy atom. The normalized spacial score (nSPS) is 13.3. The second-order valence-corrected chi connectivity index (χ2v) is 4.11. The van der Waals surface area contributed by atoms with E-state index < -0.39 is 0 Å². The SMILES string of the molecule is Cc1cnc2c(CC(C)CN)cnn2c1. The summed E-state index contributed by atoms with van der Waals surface area (Å²) in [6.45, 7) is 4.84. The first-order valence-corrected chi connectivity index (χ1v) is 5.19. The number of nitrogens with zero attached hydrogens (tertiary/aromatic N) is 3. The fourth-order valence-corrected chi connectivity index (χ4v) is 1.62. The predicted octanol–water partition coefficient (Wildman–Crippen LogP) is 1.18. The molecule has 1 atom stereocenters. The smallest absolute Gasteiger partial charge is 0.158 e. The van der Waals surface area contributed by atoms with Crippen molar-refractivity contribution in [2.75, 3.05) is 6.54 Å². The van der Waals surface area contributed by atoms with Crippen LogP contribution in [0.1, 0.15) is 18.1 Å². The number of hydrogen-bond acceptors (Lipinski definition) is 3. The predicted molar refractivity (Wildman–Crippen MR) is 59.6 cm³/mol. The van der Waals surface area contributed by atoms with Gasteiger partial charge in [-0.15, -0.1) is 0 Å². The van der Waals surface area contributed by atoms with E-state index in [4.69, 9.17) is 5.73 Å². The van der Waals surface area contributed by atoms with Gasteiger partial charge in [0.05, 0.1) is 6.20 Å². The van der Waals surface area contributed by atoms with Crippen LogP contribution in [0.2, 0.25) is 0 Å². The molecule has 2 heterocycles. The largest absolute Gasteiger partial charge is 0.330 e. The maximum atomic E-state index is 5.61. The lowest BCUT2D eigenvalue weighted by Gasteiger charge is -2.05. The molecule has 4 nitrogen and oxygen atoms in total. The average molecular weight is 204 g/mol. The summed E-state index contributed by atoms with van der Waals surface area (Å²) >= 11 is 0. The summed E-state index contributed by atoms with van der Waals surface area (Å²) in [7, 11) is 0. The van der Waals surface area contributed by atoms with Crippen LogP contribution in [0.3, 0.4) is 0 Å². The minimum Gasteiger partial charge on any atom is -0.330 e. The minimum atomic E-state index is 0.473. The van der Waals surface area contributed by atoms with Crippen molar-refractivity contribution in [3.05, 3.63) is 29.7 Å². The van der Waals surface area contributed by atoms with Crippen LogP contribution < -0.4 is 5.73 Å². The number of hydrogen-bond donors (Lipinski definition) is 1. The van der Waals surface area contributed by atoms with Gasteiger partial charge in [-0.2, -0.15) is 5.10 Å². The quantitative estimate of drug-likeness (QED) is 0.816. The molecule has 0 aromatic carbocycles. The van der Waals surface area contributed by atoms with Crippen LogP contribution in [-0.2, 0) is 6.42 Å². The van der Waals surface area contributed by atoms with Crippen LogP contribution in [0.5, 0.6) is 0 Å². The Morgan fingerprint density at radius 1 is 1.47 bits per heavy atom. The Kier molecular flexibility index (Phi) is 2.68. The molecular formula is C11H16N4. The summed E-state index contributed by atoms with van der Waals surface area (Å²) in [5.74, 6) is 0.473. The monoisotopic (exact) mass is 204 g/mol. The molecule has 1 unspecified atom stereocenters. The van der Waals surface area contributed by atoms with E-state index in [2.05, 4.69) is 17.0 Å². The molecule has 80 valence electrons. The van der Waals surface area contributed by atoms with E-state index in [1.165, 1.54) is 5.56 Å². The molecule has 0 aliphatic heterocycles. The van der Waals surface area contributed by atoms with Crippen molar-refractivity contribution in [1.82, 2.24) is 14.6 Å². The first-order valence-electron chi connectivity index (χ1n) is 5.19. The van der Waals surface area contributed by atoms with Gasteiger partial charge in [-0.3, -0.25) is 0 Å². The van der Waals surface area contributed by atoms with Crippen molar-refractivity contribution in [2.24, 2.45) is 11.7 Å². The maximum absolute atomic E-state index is 5.61. The second-order valence-electron chi connectivity index (χ2n) is 4.11. The summed E-state index contributed by atoms with van der Waals surface area (Å²) < 4.78 is 1.83. The van der Waals surface area contributed by atoms with Crippen LogP contribution in [0, 0.1) is 12.8 Å². The van der Waals surface area contributed by atoms with Gasteiger partial charge in [-0.1, -0.05) is 6.92 Å². The molecule has 0 bridgehead atoms. The Hall–Kier alpha value is -1.42. The average Bonchev–Trinajstić information content (AvgIpc) is 2.60. The fourth-order valence-electron chi connectivity index (χ4n) is 1.62. The summed E-state index contributed by atoms with van der Waals surface area (Å²) in [6.07, 6.45) is 6.68. The molecule has 0 spiro atoms. The van der Waals surface area contributed by atoms with Crippen LogP contribution in [0.15, 0.2) is 18.6 Å². The Morgan fingerprint density at radius 3 is 3.00 bits per heavy atom. The van der Waals surface area contributed by atoms with Crippen LogP contribution in [0.4, 0.5) is 0 Å². The number of rotatable bonds is 3. The number of aromatic nitrogens is 3. The molecule has 0 aliphatic carbocycles. The van der Waals surface area contributed by atoms with Gasteiger partial charge in [0.25, 0.3) is 0 Å². The first kappa shape index (κ1) is 10.1. The summed E-state index contributed by atoms with van der Waals surface area (Å²) in [5.41, 5.74) is 8.84. The molecule has 0 radical (unpaired) electrons. The van der Waals surface area contributed by atoms with Gasteiger partial charge in [-0.25, -0.2) is 9.50 Å². The topological polar surface area (TPSA) is 56.2 Å². The van der Waals surface area contributed by atoms with Gasteiger partial charge in [-0.05, 0) is 31.4 Å². The van der Waals surface area contributed by atoms with Gasteiger partial charge in [0.15, 0.2) is 5.65 Å². The van der Waals surface area contributed by atoms with Crippen molar-refractivity contribution in [3.63, 3.8) is 0 Å². The highest BCUT2D eigenvalue weighted by atomic mass is 15.2. The van der Waals surface area contributed by atoms with Crippen molar-refractivity contribution in [2.45, 2.75) is 20.3 Å². The van der Waals surface area contributed by atoms with E-state index >= 15 is 0 Å². The molecular weight excluding hydrogens is 188 g/mol. The summed E-state index contributed by atoms with van der Waals surface area (Å²) in [4.78, 5) is 4.39. The lowest BCUT2D eigenvalue weighted by molar-refractivity contribution is 0.594. The third-order valence-corrected chi connectivity index (χ3v) is 2.53. The molecule has 0 saturated heterocycles. The molecule has 0 saturated carbocycles. The zero-order valence-electron chi connectivity index (χ0n) is 9.14. The molecule has 4 heteroatoms. The van der Waals surface area contributed by atoms with E-state index in [-0.39, 0.29) is 0 Å². The molecule has 2 aromatic rings. The Labute approximate surface area is 89.1 Å². The van der Waals surface area contributed by atoms with E-state index in [0.717, 1.165) is 17.6 Å². The van der Waals surface area contributed by atoms with Gasteiger partial charge < -0.3 is 5.73 Å². The molecule has 2 aromatic heterocycles. The lowest BCUT2D eigenvalue weighted by Crippen LogP contribution is -2.13. The summed E-state index contributed by atoms with van der Waals surface area (Å²) in [5, 5.41) is 4.28. The molecule has 0 fully saturated rings. The standard InChI is InChI=1S/C11H16N4/c1-8(4-12)3-10-6-14-15-7-9(2)5-13-11(10)15/h5-8H,3-4,12H2,1-2H3. The van der Waals surface area contributed by atoms with E-state index in [0.29, 0.717) is 12.5 Å². The van der Waals surface area contributed by atoms with E-state index in [9.17, 15) is 0 Å². The summed E-state index contributed by atoms with van der Waals surface area (Å²) in [6, 6.07) is 0. The van der Waals surface area contributed by atoms with Crippen LogP contribution in [0.25, 0.3) is 5.65 Å². The van der Waals surface area contributed by atoms with Gasteiger partial charge >= 0.3 is 0 Å². The van der Waals surface area contributed by atoms with Crippen molar-refractivity contribution >= 4 is 5.65 Å². The molecule has 0 amide bonds. The van der Waals surface area contributed by atoms with Gasteiger partial charge in [0.2, 0.25) is 0 Å². The zero-order chi connectivity index (χ0) is 10.8. The maximum Gasteiger partial charge on any atom is 0.158 e. The molecule has 15 heavy (non-hydrogen) atoms. The Bertz CT molecular complexity index is 461. The van der Waals surface area contributed by atoms with E-state index in [1.807, 2.05) is 30.0 Å². The van der Waals surface area contributed by atoms with Gasteiger partial charge in [0.1, 0.15) is 0 Å². The van der Waals surface area contributed by atoms with Crippen LogP contribution in [-0.4, -0.2) is 21.1 Å². The highest BCUT2D eigenvalue weighted by Crippen LogP contribution is 2.12. The highest BCUT2D eigenvalue weighted by Gasteiger charge is 2.08. The minimum absolute atomic E-state index is 0.473. The third-order valence-electron chi connectivity index (χ3n) is 2.53. The van der Waals surface area contributed by atoms with Crippen molar-refractivity contribution < 1.29 is 0 Å². The lowest BCUT2D eigenvalue weighted by atomic mass is 10.0. The van der Waals surface area contributed by atoms with Crippen molar-refractivity contribution in [1.29, 1.82) is 0 Å². The molecule has 2 rings (SSSR count). The fraction of sp³-hybridized carbons (Fsp3) is 0.455. The van der Waals surface area contributed by atoms with Gasteiger partial charge in [0, 0.05) is 18.0 Å². The van der Waals surface area contributed by atoms with E-state index in [1.54, 1.807) is 0 Å².